The third kappa shape index (κ3) is 1.65. The van der Waals surface area contributed by atoms with Crippen LogP contribution in [0.3, 0.4) is 0 Å². The van der Waals surface area contributed by atoms with Crippen LogP contribution in [0.15, 0.2) is 18.5 Å². The first-order valence-corrected chi connectivity index (χ1v) is 4.47. The van der Waals surface area contributed by atoms with Crippen LogP contribution in [0.1, 0.15) is 12.8 Å². The second kappa shape index (κ2) is 3.30. The molecule has 1 aliphatic carbocycles. The number of rotatable bonds is 3. The van der Waals surface area contributed by atoms with Gasteiger partial charge in [-0.05, 0) is 18.9 Å². The zero-order chi connectivity index (χ0) is 10.9. The molecule has 1 fully saturated rings. The first-order chi connectivity index (χ1) is 7.15. The van der Waals surface area contributed by atoms with Gasteiger partial charge in [0.25, 0.3) is 0 Å². The summed E-state index contributed by atoms with van der Waals surface area (Å²) in [6, 6.07) is 1.61. The van der Waals surface area contributed by atoms with Gasteiger partial charge in [-0.3, -0.25) is 14.9 Å². The van der Waals surface area contributed by atoms with Crippen LogP contribution in [0.25, 0.3) is 0 Å². The highest BCUT2D eigenvalue weighted by molar-refractivity contribution is 6.10. The Bertz CT molecular complexity index is 400. The topological polar surface area (TPSA) is 92.2 Å². The number of aromatic nitrogens is 2. The second-order valence-corrected chi connectivity index (χ2v) is 3.41. The molecule has 2 N–H and O–H groups in total. The summed E-state index contributed by atoms with van der Waals surface area (Å²) < 4.78 is 0. The molecule has 0 unspecified atom stereocenters. The van der Waals surface area contributed by atoms with Crippen molar-refractivity contribution in [3.8, 4) is 0 Å². The van der Waals surface area contributed by atoms with Gasteiger partial charge in [0.2, 0.25) is 11.9 Å². The molecule has 6 nitrogen and oxygen atoms in total. The molecule has 0 atom stereocenters. The fourth-order valence-electron chi connectivity index (χ4n) is 1.25. The molecule has 1 saturated carbocycles. The van der Waals surface area contributed by atoms with E-state index in [0.29, 0.717) is 12.8 Å². The van der Waals surface area contributed by atoms with Gasteiger partial charge in [-0.15, -0.1) is 0 Å². The number of nitrogens with one attached hydrogen (secondary N) is 1. The normalized spacial score (nSPS) is 16.8. The van der Waals surface area contributed by atoms with Crippen LogP contribution in [-0.4, -0.2) is 27.0 Å². The maximum Gasteiger partial charge on any atom is 0.319 e. The van der Waals surface area contributed by atoms with Gasteiger partial charge in [0.1, 0.15) is 5.41 Å². The van der Waals surface area contributed by atoms with E-state index >= 15 is 0 Å². The minimum atomic E-state index is -1.25. The average molecular weight is 207 g/mol. The molecule has 1 heterocycles. The Kier molecular flexibility index (Phi) is 2.11. The molecule has 15 heavy (non-hydrogen) atoms. The molecule has 0 saturated heterocycles. The number of carbonyl (C=O) groups is 2. The molecule has 0 bridgehead atoms. The van der Waals surface area contributed by atoms with Crippen molar-refractivity contribution < 1.29 is 14.7 Å². The van der Waals surface area contributed by atoms with E-state index in [1.165, 1.54) is 12.4 Å². The Morgan fingerprint density at radius 3 is 2.40 bits per heavy atom. The van der Waals surface area contributed by atoms with Gasteiger partial charge >= 0.3 is 5.97 Å². The molecule has 78 valence electrons. The number of hydrogen-bond donors (Lipinski definition) is 2. The molecule has 1 aromatic rings. The largest absolute Gasteiger partial charge is 0.480 e. The number of aliphatic carboxylic acids is 1. The Labute approximate surface area is 85.4 Å². The second-order valence-electron chi connectivity index (χ2n) is 3.41. The quantitative estimate of drug-likeness (QED) is 0.694. The Balaban J connectivity index is 2.08. The SMILES string of the molecule is O=C(O)C1(C(=O)Nc2ncccn2)CC1. The standard InChI is InChI=1S/C9H9N3O3/c13-6(9(2-3-9)7(14)15)12-8-10-4-1-5-11-8/h1,4-5H,2-3H2,(H,14,15)(H,10,11,12,13). The van der Waals surface area contributed by atoms with Crippen LogP contribution in [0.2, 0.25) is 0 Å². The predicted molar refractivity (Wildman–Crippen MR) is 50.0 cm³/mol. The van der Waals surface area contributed by atoms with E-state index < -0.39 is 17.3 Å². The number of hydrogen-bond acceptors (Lipinski definition) is 4. The first kappa shape index (κ1) is 9.57. The summed E-state index contributed by atoms with van der Waals surface area (Å²) in [5.74, 6) is -1.49. The third-order valence-corrected chi connectivity index (χ3v) is 2.39. The maximum atomic E-state index is 11.6. The van der Waals surface area contributed by atoms with Crippen molar-refractivity contribution in [2.45, 2.75) is 12.8 Å². The molecular formula is C9H9N3O3. The average Bonchev–Trinajstić information content (AvgIpc) is 2.99. The zero-order valence-corrected chi connectivity index (χ0v) is 7.80. The van der Waals surface area contributed by atoms with Crippen LogP contribution in [0.4, 0.5) is 5.95 Å². The number of carbonyl (C=O) groups excluding carboxylic acids is 1. The summed E-state index contributed by atoms with van der Waals surface area (Å²) in [5, 5.41) is 11.2. The van der Waals surface area contributed by atoms with Crippen molar-refractivity contribution in [3.63, 3.8) is 0 Å². The number of carboxylic acids is 1. The first-order valence-electron chi connectivity index (χ1n) is 4.47. The fourth-order valence-corrected chi connectivity index (χ4v) is 1.25. The third-order valence-electron chi connectivity index (χ3n) is 2.39. The molecule has 0 aliphatic heterocycles. The van der Waals surface area contributed by atoms with E-state index in [2.05, 4.69) is 15.3 Å². The van der Waals surface area contributed by atoms with Crippen molar-refractivity contribution in [1.82, 2.24) is 9.97 Å². The van der Waals surface area contributed by atoms with Crippen LogP contribution in [0.5, 0.6) is 0 Å². The van der Waals surface area contributed by atoms with E-state index in [4.69, 9.17) is 5.11 Å². The molecule has 0 radical (unpaired) electrons. The van der Waals surface area contributed by atoms with Gasteiger partial charge in [-0.25, -0.2) is 9.97 Å². The summed E-state index contributed by atoms with van der Waals surface area (Å²) in [6.45, 7) is 0. The summed E-state index contributed by atoms with van der Waals surface area (Å²) in [4.78, 5) is 29.9. The molecular weight excluding hydrogens is 198 g/mol. The molecule has 2 rings (SSSR count). The van der Waals surface area contributed by atoms with Crippen molar-refractivity contribution in [2.24, 2.45) is 5.41 Å². The smallest absolute Gasteiger partial charge is 0.319 e. The minimum Gasteiger partial charge on any atom is -0.480 e. The van der Waals surface area contributed by atoms with Crippen LogP contribution in [-0.2, 0) is 9.59 Å². The van der Waals surface area contributed by atoms with Crippen LogP contribution in [0, 0.1) is 5.41 Å². The molecule has 1 aliphatic rings. The number of carboxylic acid groups (broad SMARTS) is 1. The lowest BCUT2D eigenvalue weighted by molar-refractivity contribution is -0.147. The van der Waals surface area contributed by atoms with E-state index in [1.54, 1.807) is 6.07 Å². The number of anilines is 1. The van der Waals surface area contributed by atoms with E-state index in [1.807, 2.05) is 0 Å². The van der Waals surface area contributed by atoms with Gasteiger partial charge in [-0.1, -0.05) is 0 Å². The van der Waals surface area contributed by atoms with Crippen molar-refractivity contribution >= 4 is 17.8 Å². The summed E-state index contributed by atoms with van der Waals surface area (Å²) in [6.07, 6.45) is 3.70. The van der Waals surface area contributed by atoms with Crippen LogP contribution < -0.4 is 5.32 Å². The zero-order valence-electron chi connectivity index (χ0n) is 7.80. The Morgan fingerprint density at radius 1 is 1.33 bits per heavy atom. The summed E-state index contributed by atoms with van der Waals surface area (Å²) >= 11 is 0. The molecule has 0 spiro atoms. The monoisotopic (exact) mass is 207 g/mol. The van der Waals surface area contributed by atoms with Gasteiger partial charge in [0.15, 0.2) is 0 Å². The maximum absolute atomic E-state index is 11.6. The summed E-state index contributed by atoms with van der Waals surface area (Å²) in [7, 11) is 0. The number of amides is 1. The minimum absolute atomic E-state index is 0.134. The molecule has 0 aromatic carbocycles. The van der Waals surface area contributed by atoms with Crippen molar-refractivity contribution in [2.75, 3.05) is 5.32 Å². The van der Waals surface area contributed by atoms with Gasteiger partial charge in [0.05, 0.1) is 0 Å². The summed E-state index contributed by atoms with van der Waals surface area (Å²) in [5.41, 5.74) is -1.25. The predicted octanol–water partition coefficient (Wildman–Crippen LogP) is 0.280. The van der Waals surface area contributed by atoms with E-state index in [-0.39, 0.29) is 5.95 Å². The van der Waals surface area contributed by atoms with Gasteiger partial charge in [-0.2, -0.15) is 0 Å². The van der Waals surface area contributed by atoms with Gasteiger partial charge in [0, 0.05) is 12.4 Å². The molecule has 6 heteroatoms. The molecule has 1 amide bonds. The van der Waals surface area contributed by atoms with E-state index in [0.717, 1.165) is 0 Å². The number of nitrogens with zero attached hydrogens (tertiary/aromatic N) is 2. The highest BCUT2D eigenvalue weighted by Gasteiger charge is 2.57. The fraction of sp³-hybridized carbons (Fsp3) is 0.333. The molecule has 1 aromatic heterocycles. The highest BCUT2D eigenvalue weighted by Crippen LogP contribution is 2.46. The lowest BCUT2D eigenvalue weighted by Crippen LogP contribution is -2.31. The van der Waals surface area contributed by atoms with Crippen molar-refractivity contribution in [1.29, 1.82) is 0 Å². The van der Waals surface area contributed by atoms with Gasteiger partial charge < -0.3 is 5.11 Å². The van der Waals surface area contributed by atoms with E-state index in [9.17, 15) is 9.59 Å². The lowest BCUT2D eigenvalue weighted by Gasteiger charge is -2.08. The Morgan fingerprint density at radius 2 is 1.93 bits per heavy atom. The lowest BCUT2D eigenvalue weighted by atomic mass is 10.1. The highest BCUT2D eigenvalue weighted by atomic mass is 16.4. The van der Waals surface area contributed by atoms with Crippen LogP contribution >= 0.6 is 0 Å². The Hall–Kier alpha value is -1.98. The van der Waals surface area contributed by atoms with Crippen molar-refractivity contribution in [3.05, 3.63) is 18.5 Å².